The summed E-state index contributed by atoms with van der Waals surface area (Å²) in [7, 11) is 4.05. The minimum atomic E-state index is 0. The van der Waals surface area contributed by atoms with Crippen molar-refractivity contribution in [3.8, 4) is 0 Å². The number of nitrogens with two attached hydrogens (primary N) is 1. The van der Waals surface area contributed by atoms with Crippen molar-refractivity contribution in [3.63, 3.8) is 0 Å². The van der Waals surface area contributed by atoms with Crippen molar-refractivity contribution in [1.82, 2.24) is 0 Å². The summed E-state index contributed by atoms with van der Waals surface area (Å²) in [4.78, 5) is 6.46. The lowest BCUT2D eigenvalue weighted by Crippen LogP contribution is -2.22. The molecule has 124 valence electrons. The first-order chi connectivity index (χ1) is 10.6. The van der Waals surface area contributed by atoms with Gasteiger partial charge in [-0.1, -0.05) is 31.2 Å². The summed E-state index contributed by atoms with van der Waals surface area (Å²) in [6.07, 6.45) is 1.00. The van der Waals surface area contributed by atoms with Gasteiger partial charge in [0.25, 0.3) is 0 Å². The first-order valence-electron chi connectivity index (χ1n) is 7.50. The number of benzene rings is 2. The quantitative estimate of drug-likeness (QED) is 0.436. The van der Waals surface area contributed by atoms with Crippen LogP contribution in [-0.2, 0) is 13.0 Å². The van der Waals surface area contributed by atoms with Crippen LogP contribution in [0.5, 0.6) is 0 Å². The Morgan fingerprint density at radius 3 is 2.39 bits per heavy atom. The van der Waals surface area contributed by atoms with Crippen molar-refractivity contribution in [2.75, 3.05) is 24.3 Å². The van der Waals surface area contributed by atoms with Crippen LogP contribution in [0.2, 0.25) is 0 Å². The lowest BCUT2D eigenvalue weighted by molar-refractivity contribution is 1.05. The van der Waals surface area contributed by atoms with Gasteiger partial charge in [0.1, 0.15) is 0 Å². The molecule has 0 aliphatic rings. The van der Waals surface area contributed by atoms with Crippen molar-refractivity contribution < 1.29 is 0 Å². The Bertz CT molecular complexity index is 636. The number of aliphatic imine (C=N–C) groups is 1. The molecule has 0 saturated carbocycles. The first-order valence-corrected chi connectivity index (χ1v) is 7.50. The second-order valence-electron chi connectivity index (χ2n) is 5.44. The number of nitrogens with zero attached hydrogens (tertiary/aromatic N) is 2. The molecule has 2 rings (SSSR count). The van der Waals surface area contributed by atoms with Crippen LogP contribution < -0.4 is 16.0 Å². The van der Waals surface area contributed by atoms with E-state index < -0.39 is 0 Å². The van der Waals surface area contributed by atoms with E-state index in [1.165, 1.54) is 11.3 Å². The number of rotatable bonds is 5. The van der Waals surface area contributed by atoms with Gasteiger partial charge in [-0.05, 0) is 41.8 Å². The van der Waals surface area contributed by atoms with E-state index in [1.807, 2.05) is 26.2 Å². The Labute approximate surface area is 155 Å². The fourth-order valence-corrected chi connectivity index (χ4v) is 2.13. The predicted molar refractivity (Wildman–Crippen MR) is 111 cm³/mol. The topological polar surface area (TPSA) is 53.6 Å². The third kappa shape index (κ3) is 6.09. The number of aryl methyl sites for hydroxylation is 1. The smallest absolute Gasteiger partial charge is 0.193 e. The van der Waals surface area contributed by atoms with Gasteiger partial charge in [-0.2, -0.15) is 0 Å². The van der Waals surface area contributed by atoms with E-state index in [0.717, 1.165) is 17.7 Å². The highest BCUT2D eigenvalue weighted by Gasteiger charge is 1.98. The van der Waals surface area contributed by atoms with E-state index in [1.54, 1.807) is 0 Å². The molecule has 2 aromatic carbocycles. The molecule has 0 radical (unpaired) electrons. The first kappa shape index (κ1) is 19.3. The number of guanidine groups is 1. The summed E-state index contributed by atoms with van der Waals surface area (Å²) in [5, 5.41) is 3.14. The summed E-state index contributed by atoms with van der Waals surface area (Å²) in [6, 6.07) is 16.5. The van der Waals surface area contributed by atoms with Gasteiger partial charge in [0, 0.05) is 25.5 Å². The van der Waals surface area contributed by atoms with Crippen LogP contribution in [0.4, 0.5) is 11.4 Å². The number of anilines is 2. The molecule has 0 aromatic heterocycles. The van der Waals surface area contributed by atoms with Crippen LogP contribution in [0.25, 0.3) is 0 Å². The monoisotopic (exact) mass is 424 g/mol. The molecule has 0 spiro atoms. The summed E-state index contributed by atoms with van der Waals surface area (Å²) in [5.74, 6) is 0.435. The van der Waals surface area contributed by atoms with Gasteiger partial charge in [-0.3, -0.25) is 0 Å². The molecule has 3 N–H and O–H groups in total. The normalized spacial score (nSPS) is 10.8. The molecular formula is C18H25IN4. The van der Waals surface area contributed by atoms with Crippen LogP contribution >= 0.6 is 24.0 Å². The van der Waals surface area contributed by atoms with E-state index in [0.29, 0.717) is 12.5 Å². The molecule has 2 aromatic rings. The second kappa shape index (κ2) is 9.39. The maximum atomic E-state index is 5.95. The van der Waals surface area contributed by atoms with Gasteiger partial charge in [-0.15, -0.1) is 24.0 Å². The summed E-state index contributed by atoms with van der Waals surface area (Å²) < 4.78 is 0. The van der Waals surface area contributed by atoms with Crippen LogP contribution in [0.1, 0.15) is 18.1 Å². The average Bonchev–Trinajstić information content (AvgIpc) is 2.53. The molecule has 0 heterocycles. The Hall–Kier alpha value is -1.76. The third-order valence-electron chi connectivity index (χ3n) is 3.49. The molecule has 23 heavy (non-hydrogen) atoms. The number of halogens is 1. The van der Waals surface area contributed by atoms with Crippen molar-refractivity contribution in [1.29, 1.82) is 0 Å². The van der Waals surface area contributed by atoms with E-state index >= 15 is 0 Å². The van der Waals surface area contributed by atoms with Crippen molar-refractivity contribution in [2.24, 2.45) is 10.7 Å². The Balaban J connectivity index is 0.00000264. The molecule has 0 aliphatic carbocycles. The highest BCUT2D eigenvalue weighted by molar-refractivity contribution is 14.0. The van der Waals surface area contributed by atoms with Gasteiger partial charge in [0.15, 0.2) is 5.96 Å². The Morgan fingerprint density at radius 2 is 1.78 bits per heavy atom. The second-order valence-corrected chi connectivity index (χ2v) is 5.44. The zero-order chi connectivity index (χ0) is 15.9. The predicted octanol–water partition coefficient (Wildman–Crippen LogP) is 3.86. The minimum absolute atomic E-state index is 0. The molecule has 0 bridgehead atoms. The lowest BCUT2D eigenvalue weighted by Gasteiger charge is -2.12. The van der Waals surface area contributed by atoms with Crippen molar-refractivity contribution >= 4 is 41.3 Å². The van der Waals surface area contributed by atoms with Crippen LogP contribution in [-0.4, -0.2) is 20.1 Å². The fraction of sp³-hybridized carbons (Fsp3) is 0.278. The van der Waals surface area contributed by atoms with Gasteiger partial charge in [-0.25, -0.2) is 4.99 Å². The summed E-state index contributed by atoms with van der Waals surface area (Å²) in [6.45, 7) is 2.70. The van der Waals surface area contributed by atoms with E-state index in [2.05, 4.69) is 58.5 Å². The Morgan fingerprint density at radius 1 is 1.09 bits per heavy atom. The van der Waals surface area contributed by atoms with E-state index in [4.69, 9.17) is 5.73 Å². The third-order valence-corrected chi connectivity index (χ3v) is 3.49. The summed E-state index contributed by atoms with van der Waals surface area (Å²) >= 11 is 0. The average molecular weight is 424 g/mol. The standard InChI is InChI=1S/C18H24N4.HI/c1-4-14-6-5-7-16(12-14)21-18(19)20-13-15-8-10-17(11-9-15)22(2)3;/h5-12H,4,13H2,1-3H3,(H3,19,20,21);1H. The van der Waals surface area contributed by atoms with Crippen molar-refractivity contribution in [2.45, 2.75) is 19.9 Å². The molecule has 0 atom stereocenters. The maximum absolute atomic E-state index is 5.95. The Kier molecular flexibility index (Phi) is 7.88. The molecule has 5 heteroatoms. The minimum Gasteiger partial charge on any atom is -0.378 e. The molecule has 0 amide bonds. The molecule has 0 unspecified atom stereocenters. The highest BCUT2D eigenvalue weighted by Crippen LogP contribution is 2.13. The van der Waals surface area contributed by atoms with Gasteiger partial charge in [0.05, 0.1) is 6.54 Å². The highest BCUT2D eigenvalue weighted by atomic mass is 127. The largest absolute Gasteiger partial charge is 0.378 e. The zero-order valence-corrected chi connectivity index (χ0v) is 16.2. The lowest BCUT2D eigenvalue weighted by atomic mass is 10.1. The molecule has 4 nitrogen and oxygen atoms in total. The van der Waals surface area contributed by atoms with Crippen molar-refractivity contribution in [3.05, 3.63) is 59.7 Å². The van der Waals surface area contributed by atoms with Gasteiger partial charge < -0.3 is 16.0 Å². The fourth-order valence-electron chi connectivity index (χ4n) is 2.13. The van der Waals surface area contributed by atoms with Crippen LogP contribution in [0.3, 0.4) is 0 Å². The SMILES string of the molecule is CCc1cccc(NC(N)=NCc2ccc(N(C)C)cc2)c1.I. The van der Waals surface area contributed by atoms with Crippen LogP contribution in [0.15, 0.2) is 53.5 Å². The van der Waals surface area contributed by atoms with Gasteiger partial charge >= 0.3 is 0 Å². The number of nitrogens with one attached hydrogen (secondary N) is 1. The molecule has 0 fully saturated rings. The molecule has 0 aliphatic heterocycles. The zero-order valence-electron chi connectivity index (χ0n) is 13.9. The maximum Gasteiger partial charge on any atom is 0.193 e. The van der Waals surface area contributed by atoms with Crippen LogP contribution in [0, 0.1) is 0 Å². The summed E-state index contributed by atoms with van der Waals surface area (Å²) in [5.41, 5.74) is 10.5. The molecular weight excluding hydrogens is 399 g/mol. The number of hydrogen-bond acceptors (Lipinski definition) is 2. The van der Waals surface area contributed by atoms with E-state index in [-0.39, 0.29) is 24.0 Å². The van der Waals surface area contributed by atoms with Gasteiger partial charge in [0.2, 0.25) is 0 Å². The van der Waals surface area contributed by atoms with E-state index in [9.17, 15) is 0 Å². The number of hydrogen-bond donors (Lipinski definition) is 2. The molecule has 0 saturated heterocycles.